The molecule has 7 heteroatoms. The molecule has 7 nitrogen and oxygen atoms in total. The summed E-state index contributed by atoms with van der Waals surface area (Å²) in [6, 6.07) is -1.48. The molecule has 0 aromatic heterocycles. The van der Waals surface area contributed by atoms with Crippen molar-refractivity contribution in [1.82, 2.24) is 15.5 Å². The predicted octanol–water partition coefficient (Wildman–Crippen LogP) is -0.394. The highest BCUT2D eigenvalue weighted by Crippen LogP contribution is 2.09. The Balaban J connectivity index is 2.39. The number of nitrogens with one attached hydrogen (secondary N) is 2. The quantitative estimate of drug-likeness (QED) is 0.528. The first-order chi connectivity index (χ1) is 9.06. The van der Waals surface area contributed by atoms with Gasteiger partial charge >= 0.3 is 12.0 Å². The van der Waals surface area contributed by atoms with E-state index in [0.29, 0.717) is 0 Å². The summed E-state index contributed by atoms with van der Waals surface area (Å²) in [6.07, 6.45) is 1.94. The minimum absolute atomic E-state index is 0.00844. The van der Waals surface area contributed by atoms with Crippen LogP contribution in [0.25, 0.3) is 0 Å². The maximum absolute atomic E-state index is 11.7. The van der Waals surface area contributed by atoms with Gasteiger partial charge in [-0.2, -0.15) is 0 Å². The fourth-order valence-corrected chi connectivity index (χ4v) is 2.23. The Morgan fingerprint density at radius 3 is 2.79 bits per heavy atom. The van der Waals surface area contributed by atoms with Crippen LogP contribution in [0.15, 0.2) is 0 Å². The Morgan fingerprint density at radius 2 is 2.21 bits per heavy atom. The number of likely N-dealkylation sites (N-methyl/N-ethyl adjacent to an activating group) is 1. The SMILES string of the molecule is CCN1CCCC(NC(=O)N[C@H](CCO)C(=O)O)C1. The van der Waals surface area contributed by atoms with E-state index < -0.39 is 18.0 Å². The number of aliphatic hydroxyl groups excluding tert-OH is 1. The first kappa shape index (κ1) is 15.7. The third-order valence-corrected chi connectivity index (χ3v) is 3.31. The van der Waals surface area contributed by atoms with E-state index in [1.165, 1.54) is 0 Å². The van der Waals surface area contributed by atoms with Gasteiger partial charge in [0.05, 0.1) is 0 Å². The summed E-state index contributed by atoms with van der Waals surface area (Å²) in [5.41, 5.74) is 0. The van der Waals surface area contributed by atoms with Gasteiger partial charge in [0, 0.05) is 25.6 Å². The van der Waals surface area contributed by atoms with E-state index >= 15 is 0 Å². The van der Waals surface area contributed by atoms with Crippen molar-refractivity contribution >= 4 is 12.0 Å². The number of hydrogen-bond donors (Lipinski definition) is 4. The van der Waals surface area contributed by atoms with Crippen molar-refractivity contribution < 1.29 is 19.8 Å². The van der Waals surface area contributed by atoms with Crippen molar-refractivity contribution in [3.05, 3.63) is 0 Å². The van der Waals surface area contributed by atoms with Crippen LogP contribution in [0.3, 0.4) is 0 Å². The molecule has 1 fully saturated rings. The van der Waals surface area contributed by atoms with Gasteiger partial charge in [-0.3, -0.25) is 0 Å². The second-order valence-electron chi connectivity index (χ2n) is 4.75. The van der Waals surface area contributed by atoms with Crippen LogP contribution in [0.5, 0.6) is 0 Å². The van der Waals surface area contributed by atoms with E-state index in [-0.39, 0.29) is 19.1 Å². The van der Waals surface area contributed by atoms with Crippen molar-refractivity contribution in [1.29, 1.82) is 0 Å². The van der Waals surface area contributed by atoms with Crippen molar-refractivity contribution in [2.75, 3.05) is 26.2 Å². The Morgan fingerprint density at radius 1 is 1.47 bits per heavy atom. The van der Waals surface area contributed by atoms with E-state index in [4.69, 9.17) is 10.2 Å². The molecule has 4 N–H and O–H groups in total. The molecule has 1 aliphatic rings. The minimum Gasteiger partial charge on any atom is -0.480 e. The molecule has 1 rings (SSSR count). The number of likely N-dealkylation sites (tertiary alicyclic amines) is 1. The Hall–Kier alpha value is -1.34. The third kappa shape index (κ3) is 5.44. The lowest BCUT2D eigenvalue weighted by molar-refractivity contribution is -0.139. The number of carbonyl (C=O) groups is 2. The molecule has 0 spiro atoms. The molecule has 19 heavy (non-hydrogen) atoms. The number of carbonyl (C=O) groups excluding carboxylic acids is 1. The zero-order valence-electron chi connectivity index (χ0n) is 11.3. The summed E-state index contributed by atoms with van der Waals surface area (Å²) in [6.45, 7) is 4.58. The summed E-state index contributed by atoms with van der Waals surface area (Å²) in [4.78, 5) is 24.8. The molecule has 0 saturated carbocycles. The summed E-state index contributed by atoms with van der Waals surface area (Å²) < 4.78 is 0. The number of aliphatic hydroxyl groups is 1. The molecule has 2 amide bonds. The summed E-state index contributed by atoms with van der Waals surface area (Å²) in [7, 11) is 0. The molecule has 0 aromatic carbocycles. The third-order valence-electron chi connectivity index (χ3n) is 3.31. The maximum Gasteiger partial charge on any atom is 0.326 e. The second-order valence-corrected chi connectivity index (χ2v) is 4.75. The summed E-state index contributed by atoms with van der Waals surface area (Å²) in [5.74, 6) is -1.14. The molecule has 0 aliphatic carbocycles. The molecule has 2 atom stereocenters. The van der Waals surface area contributed by atoms with Crippen LogP contribution in [-0.2, 0) is 4.79 Å². The fraction of sp³-hybridized carbons (Fsp3) is 0.833. The van der Waals surface area contributed by atoms with Crippen LogP contribution in [-0.4, -0.2) is 65.4 Å². The topological polar surface area (TPSA) is 102 Å². The van der Waals surface area contributed by atoms with Crippen LogP contribution in [0.2, 0.25) is 0 Å². The maximum atomic E-state index is 11.7. The molecule has 0 bridgehead atoms. The van der Waals surface area contributed by atoms with Gasteiger partial charge in [0.2, 0.25) is 0 Å². The lowest BCUT2D eigenvalue weighted by Crippen LogP contribution is -2.53. The number of rotatable bonds is 6. The number of amides is 2. The molecule has 110 valence electrons. The molecule has 1 unspecified atom stereocenters. The molecule has 1 aliphatic heterocycles. The molecule has 0 radical (unpaired) electrons. The molecule has 1 heterocycles. The fourth-order valence-electron chi connectivity index (χ4n) is 2.23. The largest absolute Gasteiger partial charge is 0.480 e. The van der Waals surface area contributed by atoms with Gasteiger partial charge < -0.3 is 25.7 Å². The van der Waals surface area contributed by atoms with Gasteiger partial charge in [0.1, 0.15) is 6.04 Å². The number of carboxylic acid groups (broad SMARTS) is 1. The van der Waals surface area contributed by atoms with Crippen molar-refractivity contribution in [2.24, 2.45) is 0 Å². The van der Waals surface area contributed by atoms with Gasteiger partial charge in [-0.25, -0.2) is 9.59 Å². The second kappa shape index (κ2) is 7.96. The highest BCUT2D eigenvalue weighted by molar-refractivity contribution is 5.82. The number of carboxylic acids is 1. The average molecular weight is 273 g/mol. The van der Waals surface area contributed by atoms with E-state index in [1.54, 1.807) is 0 Å². The van der Waals surface area contributed by atoms with E-state index in [9.17, 15) is 9.59 Å². The van der Waals surface area contributed by atoms with E-state index in [2.05, 4.69) is 22.5 Å². The number of hydrogen-bond acceptors (Lipinski definition) is 4. The highest BCUT2D eigenvalue weighted by Gasteiger charge is 2.23. The molecule has 0 aromatic rings. The Labute approximate surface area is 113 Å². The van der Waals surface area contributed by atoms with Crippen molar-refractivity contribution in [2.45, 2.75) is 38.3 Å². The summed E-state index contributed by atoms with van der Waals surface area (Å²) in [5, 5.41) is 22.8. The van der Waals surface area contributed by atoms with Gasteiger partial charge in [-0.05, 0) is 25.9 Å². The number of urea groups is 1. The normalized spacial score (nSPS) is 21.7. The standard InChI is InChI=1S/C12H23N3O4/c1-2-15-6-3-4-9(8-15)13-12(19)14-10(5-7-16)11(17)18/h9-10,16H,2-8H2,1H3,(H,17,18)(H2,13,14,19)/t9?,10-/m1/s1. The lowest BCUT2D eigenvalue weighted by atomic mass is 10.1. The zero-order valence-corrected chi connectivity index (χ0v) is 11.3. The van der Waals surface area contributed by atoms with Crippen molar-refractivity contribution in [3.63, 3.8) is 0 Å². The first-order valence-electron chi connectivity index (χ1n) is 6.69. The molecule has 1 saturated heterocycles. The van der Waals surface area contributed by atoms with Crippen LogP contribution >= 0.6 is 0 Å². The van der Waals surface area contributed by atoms with Gasteiger partial charge in [-0.1, -0.05) is 6.92 Å². The smallest absolute Gasteiger partial charge is 0.326 e. The van der Waals surface area contributed by atoms with E-state index in [1.807, 2.05) is 0 Å². The minimum atomic E-state index is -1.14. The zero-order chi connectivity index (χ0) is 14.3. The Bertz CT molecular complexity index is 311. The van der Waals surface area contributed by atoms with Gasteiger partial charge in [0.25, 0.3) is 0 Å². The highest BCUT2D eigenvalue weighted by atomic mass is 16.4. The van der Waals surface area contributed by atoms with Crippen LogP contribution in [0, 0.1) is 0 Å². The first-order valence-corrected chi connectivity index (χ1v) is 6.69. The van der Waals surface area contributed by atoms with Crippen LogP contribution in [0.1, 0.15) is 26.2 Å². The van der Waals surface area contributed by atoms with Crippen molar-refractivity contribution in [3.8, 4) is 0 Å². The number of aliphatic carboxylic acids is 1. The van der Waals surface area contributed by atoms with Gasteiger partial charge in [0.15, 0.2) is 0 Å². The van der Waals surface area contributed by atoms with E-state index in [0.717, 1.165) is 32.5 Å². The predicted molar refractivity (Wildman–Crippen MR) is 69.9 cm³/mol. The summed E-state index contributed by atoms with van der Waals surface area (Å²) >= 11 is 0. The average Bonchev–Trinajstić information content (AvgIpc) is 2.38. The molecular weight excluding hydrogens is 250 g/mol. The number of nitrogens with zero attached hydrogens (tertiary/aromatic N) is 1. The monoisotopic (exact) mass is 273 g/mol. The lowest BCUT2D eigenvalue weighted by Gasteiger charge is -2.32. The van der Waals surface area contributed by atoms with Crippen LogP contribution in [0.4, 0.5) is 4.79 Å². The van der Waals surface area contributed by atoms with Crippen LogP contribution < -0.4 is 10.6 Å². The Kier molecular flexibility index (Phi) is 6.58. The van der Waals surface area contributed by atoms with Gasteiger partial charge in [-0.15, -0.1) is 0 Å². The molecular formula is C12H23N3O4. The number of piperidine rings is 1.